The Morgan fingerprint density at radius 2 is 2.32 bits per heavy atom. The molecule has 0 saturated carbocycles. The lowest BCUT2D eigenvalue weighted by Gasteiger charge is -2.04. The molecule has 1 amide bonds. The Bertz CT molecular complexity index is 699. The number of carbonyl (C=O) groups excluding carboxylic acids is 1. The van der Waals surface area contributed by atoms with E-state index in [9.17, 15) is 9.59 Å². The number of halogens is 1. The third kappa shape index (κ3) is 5.47. The van der Waals surface area contributed by atoms with Crippen molar-refractivity contribution in [3.8, 4) is 0 Å². The first-order chi connectivity index (χ1) is 10.6. The first-order valence-electron chi connectivity index (χ1n) is 6.80. The maximum Gasteiger partial charge on any atom is 0.251 e. The number of hydrogen-bond acceptors (Lipinski definition) is 5. The average Bonchev–Trinajstić information content (AvgIpc) is 2.88. The molecular weight excluding hydrogens is 342 g/mol. The second-order valence-electron chi connectivity index (χ2n) is 4.56. The number of rotatable bonds is 7. The smallest absolute Gasteiger partial charge is 0.251 e. The highest BCUT2D eigenvalue weighted by Crippen LogP contribution is 2.21. The Morgan fingerprint density at radius 3 is 3.00 bits per heavy atom. The minimum absolute atomic E-state index is 0.113. The van der Waals surface area contributed by atoms with Crippen molar-refractivity contribution in [1.29, 1.82) is 0 Å². The summed E-state index contributed by atoms with van der Waals surface area (Å²) < 4.78 is 0.702. The molecule has 118 valence electrons. The van der Waals surface area contributed by atoms with Crippen LogP contribution in [0.3, 0.4) is 0 Å². The first kappa shape index (κ1) is 17.1. The molecule has 0 atom stereocenters. The fourth-order valence-electron chi connectivity index (χ4n) is 1.75. The highest BCUT2D eigenvalue weighted by molar-refractivity contribution is 7.99. The number of amides is 1. The fourth-order valence-corrected chi connectivity index (χ4v) is 3.51. The SMILES string of the molecule is CCCc1cc(=O)[nH]c(SCC(=O)NCc2ccc(Cl)s2)n1. The van der Waals surface area contributed by atoms with E-state index in [1.54, 1.807) is 6.07 Å². The summed E-state index contributed by atoms with van der Waals surface area (Å²) in [6.45, 7) is 2.48. The van der Waals surface area contributed by atoms with Gasteiger partial charge in [-0.05, 0) is 18.6 Å². The van der Waals surface area contributed by atoms with E-state index in [2.05, 4.69) is 15.3 Å². The molecule has 0 aliphatic carbocycles. The number of hydrogen-bond donors (Lipinski definition) is 2. The number of aromatic nitrogens is 2. The molecule has 0 aliphatic heterocycles. The van der Waals surface area contributed by atoms with Gasteiger partial charge in [0.25, 0.3) is 5.56 Å². The number of nitrogens with one attached hydrogen (secondary N) is 2. The van der Waals surface area contributed by atoms with Gasteiger partial charge in [-0.1, -0.05) is 36.7 Å². The van der Waals surface area contributed by atoms with Crippen LogP contribution in [0.2, 0.25) is 4.34 Å². The summed E-state index contributed by atoms with van der Waals surface area (Å²) in [5.74, 6) is 0.0931. The Morgan fingerprint density at radius 1 is 1.50 bits per heavy atom. The van der Waals surface area contributed by atoms with Gasteiger partial charge in [-0.15, -0.1) is 11.3 Å². The number of thioether (sulfide) groups is 1. The summed E-state index contributed by atoms with van der Waals surface area (Å²) in [5, 5.41) is 3.29. The highest BCUT2D eigenvalue weighted by Gasteiger charge is 2.07. The van der Waals surface area contributed by atoms with Crippen molar-refractivity contribution in [1.82, 2.24) is 15.3 Å². The van der Waals surface area contributed by atoms with Crippen LogP contribution in [0, 0.1) is 0 Å². The van der Waals surface area contributed by atoms with Gasteiger partial charge in [0.05, 0.1) is 16.6 Å². The molecule has 0 spiro atoms. The van der Waals surface area contributed by atoms with E-state index in [1.165, 1.54) is 29.2 Å². The molecule has 2 N–H and O–H groups in total. The molecule has 2 aromatic rings. The summed E-state index contributed by atoms with van der Waals surface area (Å²) >= 11 is 8.49. The minimum Gasteiger partial charge on any atom is -0.350 e. The molecule has 8 heteroatoms. The van der Waals surface area contributed by atoms with Gasteiger partial charge in [0.15, 0.2) is 5.16 Å². The van der Waals surface area contributed by atoms with E-state index in [1.807, 2.05) is 13.0 Å². The molecule has 2 aromatic heterocycles. The Labute approximate surface area is 141 Å². The highest BCUT2D eigenvalue weighted by atomic mass is 35.5. The van der Waals surface area contributed by atoms with Crippen LogP contribution in [0.15, 0.2) is 28.2 Å². The molecule has 0 saturated heterocycles. The van der Waals surface area contributed by atoms with Crippen LogP contribution in [0.25, 0.3) is 0 Å². The van der Waals surface area contributed by atoms with Gasteiger partial charge in [-0.25, -0.2) is 4.98 Å². The van der Waals surface area contributed by atoms with Gasteiger partial charge < -0.3 is 10.3 Å². The summed E-state index contributed by atoms with van der Waals surface area (Å²) in [6, 6.07) is 5.18. The summed E-state index contributed by atoms with van der Waals surface area (Å²) in [6.07, 6.45) is 1.67. The number of aromatic amines is 1. The van der Waals surface area contributed by atoms with Crippen LogP contribution in [0.1, 0.15) is 23.9 Å². The number of thiophene rings is 1. The third-order valence-electron chi connectivity index (χ3n) is 2.71. The van der Waals surface area contributed by atoms with Crippen molar-refractivity contribution >= 4 is 40.6 Å². The second-order valence-corrected chi connectivity index (χ2v) is 7.33. The molecule has 0 aromatic carbocycles. The third-order valence-corrected chi connectivity index (χ3v) is 4.81. The largest absolute Gasteiger partial charge is 0.350 e. The van der Waals surface area contributed by atoms with Gasteiger partial charge >= 0.3 is 0 Å². The van der Waals surface area contributed by atoms with Crippen LogP contribution in [0.5, 0.6) is 0 Å². The van der Waals surface area contributed by atoms with E-state index >= 15 is 0 Å². The van der Waals surface area contributed by atoms with Crippen molar-refractivity contribution < 1.29 is 4.79 Å². The van der Waals surface area contributed by atoms with Gasteiger partial charge in [0.2, 0.25) is 5.91 Å². The van der Waals surface area contributed by atoms with Crippen molar-refractivity contribution in [2.24, 2.45) is 0 Å². The molecule has 5 nitrogen and oxygen atoms in total. The molecule has 0 fully saturated rings. The zero-order chi connectivity index (χ0) is 15.9. The first-order valence-corrected chi connectivity index (χ1v) is 8.98. The zero-order valence-electron chi connectivity index (χ0n) is 12.0. The van der Waals surface area contributed by atoms with Crippen LogP contribution in [0.4, 0.5) is 0 Å². The molecule has 2 rings (SSSR count). The van der Waals surface area contributed by atoms with E-state index in [0.717, 1.165) is 23.4 Å². The van der Waals surface area contributed by atoms with Crippen molar-refractivity contribution in [2.75, 3.05) is 5.75 Å². The van der Waals surface area contributed by atoms with E-state index in [0.29, 0.717) is 16.0 Å². The lowest BCUT2D eigenvalue weighted by molar-refractivity contribution is -0.118. The minimum atomic E-state index is -0.186. The summed E-state index contributed by atoms with van der Waals surface area (Å²) in [7, 11) is 0. The second kappa shape index (κ2) is 8.36. The van der Waals surface area contributed by atoms with Gasteiger partial charge in [-0.3, -0.25) is 9.59 Å². The zero-order valence-corrected chi connectivity index (χ0v) is 14.4. The topological polar surface area (TPSA) is 74.8 Å². The molecule has 0 aliphatic rings. The van der Waals surface area contributed by atoms with E-state index in [-0.39, 0.29) is 17.2 Å². The van der Waals surface area contributed by atoms with Gasteiger partial charge in [-0.2, -0.15) is 0 Å². The molecule has 0 radical (unpaired) electrons. The Balaban J connectivity index is 1.84. The predicted octanol–water partition coefficient (Wildman–Crippen LogP) is 2.85. The predicted molar refractivity (Wildman–Crippen MR) is 90.8 cm³/mol. The average molecular weight is 358 g/mol. The number of H-pyrrole nitrogens is 1. The number of nitrogens with zero attached hydrogens (tertiary/aromatic N) is 1. The molecule has 22 heavy (non-hydrogen) atoms. The maximum absolute atomic E-state index is 11.8. The quantitative estimate of drug-likeness (QED) is 0.590. The van der Waals surface area contributed by atoms with Gasteiger partial charge in [0.1, 0.15) is 0 Å². The molecule has 0 unspecified atom stereocenters. The van der Waals surface area contributed by atoms with Crippen molar-refractivity contribution in [3.63, 3.8) is 0 Å². The number of aryl methyl sites for hydroxylation is 1. The van der Waals surface area contributed by atoms with Crippen molar-refractivity contribution in [2.45, 2.75) is 31.5 Å². The molecular formula is C14H16ClN3O2S2. The lowest BCUT2D eigenvalue weighted by Crippen LogP contribution is -2.24. The van der Waals surface area contributed by atoms with Crippen molar-refractivity contribution in [3.05, 3.63) is 43.5 Å². The van der Waals surface area contributed by atoms with Crippen LogP contribution in [-0.2, 0) is 17.8 Å². The maximum atomic E-state index is 11.8. The number of carbonyl (C=O) groups is 1. The summed E-state index contributed by atoms with van der Waals surface area (Å²) in [5.41, 5.74) is 0.567. The normalized spacial score (nSPS) is 10.6. The van der Waals surface area contributed by atoms with Gasteiger partial charge in [0, 0.05) is 16.6 Å². The van der Waals surface area contributed by atoms with E-state index in [4.69, 9.17) is 11.6 Å². The Hall–Kier alpha value is -1.31. The summed E-state index contributed by atoms with van der Waals surface area (Å²) in [4.78, 5) is 31.3. The fraction of sp³-hybridized carbons (Fsp3) is 0.357. The van der Waals surface area contributed by atoms with Crippen LogP contribution in [-0.4, -0.2) is 21.6 Å². The van der Waals surface area contributed by atoms with E-state index < -0.39 is 0 Å². The van der Waals surface area contributed by atoms with Crippen LogP contribution >= 0.6 is 34.7 Å². The molecule has 2 heterocycles. The monoisotopic (exact) mass is 357 g/mol. The van der Waals surface area contributed by atoms with Crippen LogP contribution < -0.4 is 10.9 Å². The lowest BCUT2D eigenvalue weighted by atomic mass is 10.2. The molecule has 0 bridgehead atoms. The standard InChI is InChI=1S/C14H16ClN3O2S2/c1-2-3-9-6-12(19)18-14(17-9)21-8-13(20)16-7-10-4-5-11(15)22-10/h4-6H,2-3,7-8H2,1H3,(H,16,20)(H,17,18,19). The Kier molecular flexibility index (Phi) is 6.48.